The van der Waals surface area contributed by atoms with E-state index in [-0.39, 0.29) is 22.0 Å². The van der Waals surface area contributed by atoms with Crippen LogP contribution in [0.25, 0.3) is 0 Å². The first-order valence-corrected chi connectivity index (χ1v) is 11.3. The molecular formula is C21H23ClN2O5S. The summed E-state index contributed by atoms with van der Waals surface area (Å²) >= 11 is 6.17. The molecule has 0 aromatic heterocycles. The molecule has 0 aliphatic carbocycles. The van der Waals surface area contributed by atoms with E-state index in [0.717, 1.165) is 15.6 Å². The van der Waals surface area contributed by atoms with Crippen molar-refractivity contribution in [3.05, 3.63) is 58.6 Å². The molecule has 7 nitrogen and oxygen atoms in total. The van der Waals surface area contributed by atoms with Gasteiger partial charge < -0.3 is 10.1 Å². The van der Waals surface area contributed by atoms with Gasteiger partial charge in [-0.2, -0.15) is 0 Å². The van der Waals surface area contributed by atoms with Crippen molar-refractivity contribution >= 4 is 39.1 Å². The Labute approximate surface area is 181 Å². The monoisotopic (exact) mass is 450 g/mol. The lowest BCUT2D eigenvalue weighted by Crippen LogP contribution is -2.33. The second-order valence-corrected chi connectivity index (χ2v) is 9.96. The Morgan fingerprint density at radius 1 is 1.23 bits per heavy atom. The van der Waals surface area contributed by atoms with Crippen molar-refractivity contribution in [2.45, 2.75) is 20.3 Å². The number of methoxy groups -OCH3 is 1. The van der Waals surface area contributed by atoms with Gasteiger partial charge in [-0.05, 0) is 56.2 Å². The van der Waals surface area contributed by atoms with Gasteiger partial charge in [0.25, 0.3) is 5.91 Å². The van der Waals surface area contributed by atoms with Crippen molar-refractivity contribution in [2.24, 2.45) is 5.41 Å². The Kier molecular flexibility index (Phi) is 6.10. The van der Waals surface area contributed by atoms with Gasteiger partial charge in [-0.3, -0.25) is 9.59 Å². The fraction of sp³-hybridized carbons (Fsp3) is 0.333. The molecule has 1 N–H and O–H groups in total. The van der Waals surface area contributed by atoms with Crippen LogP contribution in [0.5, 0.6) is 5.75 Å². The first-order valence-electron chi connectivity index (χ1n) is 9.33. The third-order valence-corrected chi connectivity index (χ3v) is 7.20. The molecule has 160 valence electrons. The first-order chi connectivity index (χ1) is 14.0. The van der Waals surface area contributed by atoms with Crippen LogP contribution in [0.3, 0.4) is 0 Å². The summed E-state index contributed by atoms with van der Waals surface area (Å²) in [7, 11) is -2.23. The van der Waals surface area contributed by atoms with Crippen LogP contribution in [-0.4, -0.2) is 39.6 Å². The van der Waals surface area contributed by atoms with Crippen LogP contribution in [0.4, 0.5) is 5.69 Å². The third kappa shape index (κ3) is 4.44. The highest BCUT2D eigenvalue weighted by Crippen LogP contribution is 2.36. The molecule has 2 aromatic rings. The van der Waals surface area contributed by atoms with Crippen molar-refractivity contribution in [2.75, 3.05) is 23.7 Å². The summed E-state index contributed by atoms with van der Waals surface area (Å²) in [6, 6.07) is 11.7. The van der Waals surface area contributed by atoms with Gasteiger partial charge in [-0.1, -0.05) is 23.7 Å². The van der Waals surface area contributed by atoms with E-state index in [1.165, 1.54) is 18.2 Å². The summed E-state index contributed by atoms with van der Waals surface area (Å²) in [5.41, 5.74) is 0.170. The van der Waals surface area contributed by atoms with Crippen molar-refractivity contribution in [1.29, 1.82) is 0 Å². The predicted octanol–water partition coefficient (Wildman–Crippen LogP) is 3.02. The van der Waals surface area contributed by atoms with E-state index in [0.29, 0.717) is 13.0 Å². The Bertz CT molecular complexity index is 1100. The van der Waals surface area contributed by atoms with Crippen LogP contribution in [-0.2, 0) is 21.2 Å². The van der Waals surface area contributed by atoms with Crippen LogP contribution >= 0.6 is 11.6 Å². The molecule has 0 saturated carbocycles. The summed E-state index contributed by atoms with van der Waals surface area (Å²) in [5, 5.41) is 2.94. The molecule has 0 unspecified atom stereocenters. The van der Waals surface area contributed by atoms with Crippen LogP contribution < -0.4 is 14.4 Å². The molecule has 1 aliphatic rings. The van der Waals surface area contributed by atoms with E-state index in [4.69, 9.17) is 16.3 Å². The summed E-state index contributed by atoms with van der Waals surface area (Å²) in [6.07, 6.45) is 0.577. The van der Waals surface area contributed by atoms with Gasteiger partial charge in [0, 0.05) is 6.54 Å². The second kappa shape index (κ2) is 8.28. The largest absolute Gasteiger partial charge is 0.497 e. The normalized spacial score (nSPS) is 17.1. The molecule has 30 heavy (non-hydrogen) atoms. The zero-order valence-corrected chi connectivity index (χ0v) is 18.5. The number of benzene rings is 2. The maximum atomic E-state index is 12.6. The third-order valence-electron chi connectivity index (χ3n) is 4.85. The van der Waals surface area contributed by atoms with E-state index in [1.54, 1.807) is 21.0 Å². The summed E-state index contributed by atoms with van der Waals surface area (Å²) < 4.78 is 30.9. The lowest BCUT2D eigenvalue weighted by atomic mass is 9.95. The second-order valence-electron chi connectivity index (χ2n) is 7.73. The fourth-order valence-corrected chi connectivity index (χ4v) is 5.62. The lowest BCUT2D eigenvalue weighted by molar-refractivity contribution is -0.123. The number of carbonyl (C=O) groups excluding carboxylic acids is 2. The number of anilines is 1. The van der Waals surface area contributed by atoms with Crippen LogP contribution in [0.1, 0.15) is 29.8 Å². The quantitative estimate of drug-likeness (QED) is 0.730. The zero-order valence-electron chi connectivity index (χ0n) is 16.9. The Balaban J connectivity index is 1.76. The molecular weight excluding hydrogens is 428 g/mol. The number of carbonyl (C=O) groups is 2. The molecule has 2 amide bonds. The smallest absolute Gasteiger partial charge is 0.252 e. The highest BCUT2D eigenvalue weighted by Gasteiger charge is 2.50. The molecule has 0 bridgehead atoms. The molecule has 9 heteroatoms. The lowest BCUT2D eigenvalue weighted by Gasteiger charge is -2.18. The average molecular weight is 451 g/mol. The van der Waals surface area contributed by atoms with Crippen molar-refractivity contribution in [1.82, 2.24) is 5.32 Å². The molecule has 3 rings (SSSR count). The van der Waals surface area contributed by atoms with Crippen LogP contribution in [0, 0.1) is 5.41 Å². The number of rotatable bonds is 6. The van der Waals surface area contributed by atoms with Gasteiger partial charge in [0.1, 0.15) is 5.75 Å². The molecule has 0 radical (unpaired) electrons. The number of sulfonamides is 1. The maximum Gasteiger partial charge on any atom is 0.252 e. The van der Waals surface area contributed by atoms with Crippen molar-refractivity contribution in [3.8, 4) is 5.75 Å². The molecule has 1 fully saturated rings. The standard InChI is InChI=1S/C21H23ClN2O5S/c1-21(2)13-30(27,28)24(20(21)26)15-7-8-18(22)17(12-15)19(25)23-10-9-14-5-4-6-16(11-14)29-3/h4-8,11-12H,9-10,13H2,1-3H3,(H,23,25). The molecule has 1 aliphatic heterocycles. The topological polar surface area (TPSA) is 92.8 Å². The minimum absolute atomic E-state index is 0.104. The SMILES string of the molecule is COc1cccc(CCNC(=O)c2cc(N3C(=O)C(C)(C)CS3(=O)=O)ccc2Cl)c1. The van der Waals surface area contributed by atoms with Gasteiger partial charge in [-0.25, -0.2) is 12.7 Å². The number of amides is 2. The number of halogens is 1. The first kappa shape index (κ1) is 22.1. The van der Waals surface area contributed by atoms with Gasteiger partial charge in [0.2, 0.25) is 15.9 Å². The highest BCUT2D eigenvalue weighted by atomic mass is 35.5. The number of hydrogen-bond donors (Lipinski definition) is 1. The minimum atomic E-state index is -3.81. The van der Waals surface area contributed by atoms with Gasteiger partial charge >= 0.3 is 0 Å². The fourth-order valence-electron chi connectivity index (χ4n) is 3.32. The number of nitrogens with zero attached hydrogens (tertiary/aromatic N) is 1. The summed E-state index contributed by atoms with van der Waals surface area (Å²) in [5.74, 6) is -0.542. The van der Waals surface area contributed by atoms with E-state index in [9.17, 15) is 18.0 Å². The van der Waals surface area contributed by atoms with Crippen LogP contribution in [0.2, 0.25) is 5.02 Å². The molecule has 2 aromatic carbocycles. The van der Waals surface area contributed by atoms with Gasteiger partial charge in [0.15, 0.2) is 0 Å². The maximum absolute atomic E-state index is 12.6. The van der Waals surface area contributed by atoms with E-state index >= 15 is 0 Å². The Morgan fingerprint density at radius 3 is 2.60 bits per heavy atom. The van der Waals surface area contributed by atoms with E-state index in [1.807, 2.05) is 24.3 Å². The molecule has 0 spiro atoms. The zero-order chi connectivity index (χ0) is 22.1. The van der Waals surface area contributed by atoms with E-state index < -0.39 is 27.3 Å². The van der Waals surface area contributed by atoms with Crippen LogP contribution in [0.15, 0.2) is 42.5 Å². The Hall–Kier alpha value is -2.58. The number of nitrogens with one attached hydrogen (secondary N) is 1. The number of ether oxygens (including phenoxy) is 1. The Morgan fingerprint density at radius 2 is 1.97 bits per heavy atom. The molecule has 1 saturated heterocycles. The van der Waals surface area contributed by atoms with E-state index in [2.05, 4.69) is 5.32 Å². The predicted molar refractivity (Wildman–Crippen MR) is 116 cm³/mol. The van der Waals surface area contributed by atoms with Gasteiger partial charge in [0.05, 0.1) is 34.6 Å². The van der Waals surface area contributed by atoms with Crippen molar-refractivity contribution < 1.29 is 22.7 Å². The summed E-state index contributed by atoms with van der Waals surface area (Å²) in [6.45, 7) is 3.50. The van der Waals surface area contributed by atoms with Crippen molar-refractivity contribution in [3.63, 3.8) is 0 Å². The highest BCUT2D eigenvalue weighted by molar-refractivity contribution is 7.94. The summed E-state index contributed by atoms with van der Waals surface area (Å²) in [4.78, 5) is 25.2. The minimum Gasteiger partial charge on any atom is -0.497 e. The average Bonchev–Trinajstić information content (AvgIpc) is 2.85. The molecule has 1 heterocycles. The molecule has 0 atom stereocenters. The number of hydrogen-bond acceptors (Lipinski definition) is 5. The van der Waals surface area contributed by atoms with Gasteiger partial charge in [-0.15, -0.1) is 0 Å².